The molecular formula is C7H8O5S2. The van der Waals surface area contributed by atoms with Gasteiger partial charge in [-0.15, -0.1) is 11.3 Å². The molecule has 0 amide bonds. The van der Waals surface area contributed by atoms with Crippen LogP contribution in [-0.4, -0.2) is 26.0 Å². The topological polar surface area (TPSA) is 80.7 Å². The third-order valence-corrected chi connectivity index (χ3v) is 3.66. The van der Waals surface area contributed by atoms with Crippen molar-refractivity contribution < 1.29 is 22.5 Å². The third-order valence-electron chi connectivity index (χ3n) is 1.58. The van der Waals surface area contributed by atoms with Crippen LogP contribution in [0, 0.1) is 6.92 Å². The zero-order valence-corrected chi connectivity index (χ0v) is 9.11. The Morgan fingerprint density at radius 3 is 2.57 bits per heavy atom. The standard InChI is InChI=1S/C7H8O5S2/c1-4-6(14(9,10)11)5(3-13-4)7(8)12-2/h3H,1-2H3,(H,9,10,11). The zero-order chi connectivity index (χ0) is 10.9. The molecule has 1 heterocycles. The molecule has 78 valence electrons. The van der Waals surface area contributed by atoms with E-state index >= 15 is 0 Å². The molecule has 0 aliphatic heterocycles. The summed E-state index contributed by atoms with van der Waals surface area (Å²) in [4.78, 5) is 11.1. The number of aryl methyl sites for hydroxylation is 1. The zero-order valence-electron chi connectivity index (χ0n) is 7.47. The number of ether oxygens (including phenoxy) is 1. The van der Waals surface area contributed by atoms with Gasteiger partial charge in [-0.05, 0) is 6.92 Å². The highest BCUT2D eigenvalue weighted by Gasteiger charge is 2.25. The summed E-state index contributed by atoms with van der Waals surface area (Å²) in [6.07, 6.45) is 0. The van der Waals surface area contributed by atoms with Crippen LogP contribution in [0.2, 0.25) is 0 Å². The van der Waals surface area contributed by atoms with Gasteiger partial charge in [-0.3, -0.25) is 4.55 Å². The normalized spacial score (nSPS) is 11.4. The number of methoxy groups -OCH3 is 1. The van der Waals surface area contributed by atoms with Gasteiger partial charge in [0.2, 0.25) is 0 Å². The van der Waals surface area contributed by atoms with Gasteiger partial charge in [0.15, 0.2) is 0 Å². The van der Waals surface area contributed by atoms with Crippen molar-refractivity contribution >= 4 is 27.4 Å². The molecule has 1 N–H and O–H groups in total. The van der Waals surface area contributed by atoms with Gasteiger partial charge in [0.1, 0.15) is 4.90 Å². The van der Waals surface area contributed by atoms with Gasteiger partial charge in [-0.1, -0.05) is 0 Å². The Labute approximate surface area is 85.1 Å². The molecule has 0 aliphatic rings. The van der Waals surface area contributed by atoms with E-state index in [4.69, 9.17) is 4.55 Å². The van der Waals surface area contributed by atoms with E-state index in [9.17, 15) is 13.2 Å². The third kappa shape index (κ3) is 1.94. The van der Waals surface area contributed by atoms with Crippen LogP contribution in [-0.2, 0) is 14.9 Å². The summed E-state index contributed by atoms with van der Waals surface area (Å²) in [5.74, 6) is -0.776. The van der Waals surface area contributed by atoms with Crippen LogP contribution in [0.15, 0.2) is 10.3 Å². The Bertz CT molecular complexity index is 456. The fraction of sp³-hybridized carbons (Fsp3) is 0.286. The molecule has 5 nitrogen and oxygen atoms in total. The van der Waals surface area contributed by atoms with Crippen LogP contribution < -0.4 is 0 Å². The van der Waals surface area contributed by atoms with Gasteiger partial charge in [0.25, 0.3) is 10.1 Å². The first-order valence-electron chi connectivity index (χ1n) is 3.52. The molecule has 14 heavy (non-hydrogen) atoms. The van der Waals surface area contributed by atoms with Crippen LogP contribution in [0.1, 0.15) is 15.2 Å². The Kier molecular flexibility index (Phi) is 2.93. The van der Waals surface area contributed by atoms with Crippen molar-refractivity contribution in [2.24, 2.45) is 0 Å². The van der Waals surface area contributed by atoms with Crippen molar-refractivity contribution in [3.8, 4) is 0 Å². The van der Waals surface area contributed by atoms with Crippen molar-refractivity contribution in [3.63, 3.8) is 0 Å². The Balaban J connectivity index is 3.42. The summed E-state index contributed by atoms with van der Waals surface area (Å²) in [6, 6.07) is 0. The average Bonchev–Trinajstić information content (AvgIpc) is 2.44. The number of hydrogen-bond acceptors (Lipinski definition) is 5. The molecule has 0 radical (unpaired) electrons. The first-order valence-corrected chi connectivity index (χ1v) is 5.83. The van der Waals surface area contributed by atoms with Crippen molar-refractivity contribution in [1.29, 1.82) is 0 Å². The number of thiophene rings is 1. The lowest BCUT2D eigenvalue weighted by atomic mass is 10.3. The summed E-state index contributed by atoms with van der Waals surface area (Å²) >= 11 is 1.06. The lowest BCUT2D eigenvalue weighted by Gasteiger charge is -1.99. The molecule has 0 bridgehead atoms. The Hall–Kier alpha value is -0.920. The Morgan fingerprint density at radius 2 is 2.14 bits per heavy atom. The second kappa shape index (κ2) is 3.68. The van der Waals surface area contributed by atoms with E-state index in [-0.39, 0.29) is 10.5 Å². The van der Waals surface area contributed by atoms with Crippen molar-refractivity contribution in [2.45, 2.75) is 11.8 Å². The minimum Gasteiger partial charge on any atom is -0.465 e. The number of hydrogen-bond donors (Lipinski definition) is 1. The van der Waals surface area contributed by atoms with E-state index < -0.39 is 16.1 Å². The second-order valence-electron chi connectivity index (χ2n) is 2.50. The van der Waals surface area contributed by atoms with Gasteiger partial charge >= 0.3 is 5.97 Å². The molecule has 1 rings (SSSR count). The van der Waals surface area contributed by atoms with E-state index in [1.807, 2.05) is 0 Å². The highest BCUT2D eigenvalue weighted by Crippen LogP contribution is 2.26. The fourth-order valence-electron chi connectivity index (χ4n) is 1.02. The maximum Gasteiger partial charge on any atom is 0.340 e. The van der Waals surface area contributed by atoms with Gasteiger partial charge < -0.3 is 4.74 Å². The van der Waals surface area contributed by atoms with E-state index in [1.165, 1.54) is 12.3 Å². The summed E-state index contributed by atoms with van der Waals surface area (Å²) in [5.41, 5.74) is -0.127. The second-order valence-corrected chi connectivity index (χ2v) is 4.94. The molecule has 0 fully saturated rings. The number of rotatable bonds is 2. The van der Waals surface area contributed by atoms with Gasteiger partial charge in [0.05, 0.1) is 12.7 Å². The first-order chi connectivity index (χ1) is 6.38. The number of esters is 1. The van der Waals surface area contributed by atoms with Crippen LogP contribution in [0.5, 0.6) is 0 Å². The highest BCUT2D eigenvalue weighted by molar-refractivity contribution is 7.86. The van der Waals surface area contributed by atoms with Crippen molar-refractivity contribution in [2.75, 3.05) is 7.11 Å². The van der Waals surface area contributed by atoms with Gasteiger partial charge in [-0.2, -0.15) is 8.42 Å². The fourth-order valence-corrected chi connectivity index (χ4v) is 3.06. The molecule has 0 atom stereocenters. The molecule has 1 aromatic rings. The predicted molar refractivity (Wildman–Crippen MR) is 50.2 cm³/mol. The lowest BCUT2D eigenvalue weighted by Crippen LogP contribution is -2.08. The molecule has 0 spiro atoms. The minimum atomic E-state index is -4.37. The molecule has 7 heteroatoms. The minimum absolute atomic E-state index is 0.127. The molecular weight excluding hydrogens is 228 g/mol. The van der Waals surface area contributed by atoms with Crippen LogP contribution >= 0.6 is 11.3 Å². The van der Waals surface area contributed by atoms with E-state index in [2.05, 4.69) is 4.74 Å². The van der Waals surface area contributed by atoms with Gasteiger partial charge in [-0.25, -0.2) is 4.79 Å². The maximum absolute atomic E-state index is 11.1. The summed E-state index contributed by atoms with van der Waals surface area (Å²) < 4.78 is 35.1. The molecule has 0 saturated heterocycles. The van der Waals surface area contributed by atoms with Crippen LogP contribution in [0.25, 0.3) is 0 Å². The van der Waals surface area contributed by atoms with E-state index in [0.29, 0.717) is 4.88 Å². The summed E-state index contributed by atoms with van der Waals surface area (Å²) in [6.45, 7) is 1.50. The van der Waals surface area contributed by atoms with E-state index in [0.717, 1.165) is 18.4 Å². The van der Waals surface area contributed by atoms with Crippen molar-refractivity contribution in [3.05, 3.63) is 15.8 Å². The predicted octanol–water partition coefficient (Wildman–Crippen LogP) is 1.09. The van der Waals surface area contributed by atoms with E-state index in [1.54, 1.807) is 0 Å². The average molecular weight is 236 g/mol. The molecule has 1 aromatic heterocycles. The molecule has 0 unspecified atom stereocenters. The number of carbonyl (C=O) groups excluding carboxylic acids is 1. The largest absolute Gasteiger partial charge is 0.465 e. The lowest BCUT2D eigenvalue weighted by molar-refractivity contribution is 0.0596. The quantitative estimate of drug-likeness (QED) is 0.614. The van der Waals surface area contributed by atoms with Crippen LogP contribution in [0.4, 0.5) is 0 Å². The molecule has 0 aromatic carbocycles. The summed E-state index contributed by atoms with van der Waals surface area (Å²) in [7, 11) is -3.22. The van der Waals surface area contributed by atoms with Gasteiger partial charge in [0, 0.05) is 10.3 Å². The van der Waals surface area contributed by atoms with Crippen LogP contribution in [0.3, 0.4) is 0 Å². The summed E-state index contributed by atoms with van der Waals surface area (Å²) in [5, 5.41) is 1.34. The molecule has 0 saturated carbocycles. The SMILES string of the molecule is COC(=O)c1csc(C)c1S(=O)(=O)O. The Morgan fingerprint density at radius 1 is 1.57 bits per heavy atom. The maximum atomic E-state index is 11.1. The van der Waals surface area contributed by atoms with Crippen molar-refractivity contribution in [1.82, 2.24) is 0 Å². The highest BCUT2D eigenvalue weighted by atomic mass is 32.2. The number of carbonyl (C=O) groups is 1. The smallest absolute Gasteiger partial charge is 0.340 e. The molecule has 0 aliphatic carbocycles. The first kappa shape index (κ1) is 11.2. The monoisotopic (exact) mass is 236 g/mol.